The maximum Gasteiger partial charge on any atom is 0.227 e. The molecule has 8 heteroatoms. The number of benzene rings is 1. The van der Waals surface area contributed by atoms with Gasteiger partial charge in [-0.3, -0.25) is 9.69 Å². The first-order valence-electron chi connectivity index (χ1n) is 9.85. The van der Waals surface area contributed by atoms with E-state index in [1.807, 2.05) is 40.6 Å². The van der Waals surface area contributed by atoms with Crippen LogP contribution >= 0.6 is 11.3 Å². The molecule has 0 unspecified atom stereocenters. The summed E-state index contributed by atoms with van der Waals surface area (Å²) in [6.07, 6.45) is 2.02. The van der Waals surface area contributed by atoms with E-state index in [1.165, 1.54) is 0 Å². The maximum atomic E-state index is 12.7. The molecule has 1 saturated heterocycles. The summed E-state index contributed by atoms with van der Waals surface area (Å²) in [5.74, 6) is 2.24. The van der Waals surface area contributed by atoms with Gasteiger partial charge in [-0.05, 0) is 29.8 Å². The van der Waals surface area contributed by atoms with Crippen LogP contribution < -0.4 is 9.47 Å². The molecule has 1 aliphatic heterocycles. The van der Waals surface area contributed by atoms with E-state index in [4.69, 9.17) is 13.9 Å². The fourth-order valence-corrected chi connectivity index (χ4v) is 4.37. The zero-order valence-corrected chi connectivity index (χ0v) is 18.0. The second-order valence-electron chi connectivity index (χ2n) is 7.13. The fourth-order valence-electron chi connectivity index (χ4n) is 3.54. The van der Waals surface area contributed by atoms with E-state index in [9.17, 15) is 4.79 Å². The minimum atomic E-state index is 0.135. The van der Waals surface area contributed by atoms with Gasteiger partial charge in [0, 0.05) is 31.6 Å². The number of nitrogens with zero attached hydrogens (tertiary/aromatic N) is 3. The van der Waals surface area contributed by atoms with Gasteiger partial charge in [0.05, 0.1) is 33.4 Å². The van der Waals surface area contributed by atoms with Crippen molar-refractivity contribution in [2.45, 2.75) is 13.0 Å². The molecule has 158 valence electrons. The zero-order chi connectivity index (χ0) is 20.9. The first kappa shape index (κ1) is 20.4. The maximum absolute atomic E-state index is 12.7. The highest BCUT2D eigenvalue weighted by molar-refractivity contribution is 7.09. The number of carbonyl (C=O) groups is 1. The second kappa shape index (κ2) is 9.32. The third kappa shape index (κ3) is 4.66. The van der Waals surface area contributed by atoms with Gasteiger partial charge in [-0.25, -0.2) is 4.98 Å². The molecule has 1 amide bonds. The van der Waals surface area contributed by atoms with Gasteiger partial charge in [0.25, 0.3) is 0 Å². The summed E-state index contributed by atoms with van der Waals surface area (Å²) in [4.78, 5) is 21.7. The number of thiazole rings is 1. The molecule has 1 aromatic carbocycles. The molecule has 0 spiro atoms. The Labute approximate surface area is 179 Å². The second-order valence-corrected chi connectivity index (χ2v) is 8.07. The zero-order valence-electron chi connectivity index (χ0n) is 17.2. The smallest absolute Gasteiger partial charge is 0.227 e. The number of amides is 1. The average molecular weight is 428 g/mol. The molecule has 0 radical (unpaired) electrons. The molecule has 0 N–H and O–H groups in total. The monoisotopic (exact) mass is 427 g/mol. The minimum absolute atomic E-state index is 0.135. The van der Waals surface area contributed by atoms with Crippen molar-refractivity contribution in [1.82, 2.24) is 14.8 Å². The summed E-state index contributed by atoms with van der Waals surface area (Å²) in [6.45, 7) is 3.93. The van der Waals surface area contributed by atoms with E-state index >= 15 is 0 Å². The number of furan rings is 1. The molecular formula is C22H25N3O4S. The molecule has 0 saturated carbocycles. The van der Waals surface area contributed by atoms with E-state index < -0.39 is 0 Å². The summed E-state index contributed by atoms with van der Waals surface area (Å²) >= 11 is 1.64. The lowest BCUT2D eigenvalue weighted by molar-refractivity contribution is -0.132. The number of methoxy groups -OCH3 is 2. The quantitative estimate of drug-likeness (QED) is 0.576. The van der Waals surface area contributed by atoms with Gasteiger partial charge in [0.15, 0.2) is 17.3 Å². The van der Waals surface area contributed by atoms with Crippen molar-refractivity contribution in [3.8, 4) is 23.0 Å². The van der Waals surface area contributed by atoms with Crippen molar-refractivity contribution >= 4 is 17.2 Å². The number of rotatable bonds is 7. The Balaban J connectivity index is 1.28. The standard InChI is InChI=1S/C22H25N3O4S/c1-27-19-6-5-16(12-20(19)28-2)13-22(26)25-9-7-24(8-10-25)14-21-23-17(15-30-21)18-4-3-11-29-18/h3-6,11-12,15H,7-10,13-14H2,1-2H3. The summed E-state index contributed by atoms with van der Waals surface area (Å²) in [5.41, 5.74) is 1.80. The lowest BCUT2D eigenvalue weighted by Gasteiger charge is -2.34. The van der Waals surface area contributed by atoms with Crippen molar-refractivity contribution in [3.63, 3.8) is 0 Å². The number of hydrogen-bond acceptors (Lipinski definition) is 7. The topological polar surface area (TPSA) is 68.0 Å². The van der Waals surface area contributed by atoms with E-state index in [0.717, 1.165) is 54.7 Å². The van der Waals surface area contributed by atoms with Gasteiger partial charge in [0.1, 0.15) is 10.7 Å². The Hall–Kier alpha value is -2.84. The van der Waals surface area contributed by atoms with Crippen LogP contribution in [0.2, 0.25) is 0 Å². The number of ether oxygens (including phenoxy) is 2. The van der Waals surface area contributed by atoms with Crippen LogP contribution in [0.5, 0.6) is 11.5 Å². The Morgan fingerprint density at radius 2 is 1.93 bits per heavy atom. The highest BCUT2D eigenvalue weighted by atomic mass is 32.1. The van der Waals surface area contributed by atoms with Crippen molar-refractivity contribution in [1.29, 1.82) is 0 Å². The third-order valence-electron chi connectivity index (χ3n) is 5.21. The van der Waals surface area contributed by atoms with Crippen LogP contribution in [0.1, 0.15) is 10.6 Å². The minimum Gasteiger partial charge on any atom is -0.493 e. The Kier molecular flexibility index (Phi) is 6.35. The van der Waals surface area contributed by atoms with Gasteiger partial charge in [-0.15, -0.1) is 11.3 Å². The lowest BCUT2D eigenvalue weighted by Crippen LogP contribution is -2.48. The molecule has 7 nitrogen and oxygen atoms in total. The number of piperazine rings is 1. The molecule has 0 aliphatic carbocycles. The van der Waals surface area contributed by atoms with Gasteiger partial charge < -0.3 is 18.8 Å². The molecule has 0 atom stereocenters. The summed E-state index contributed by atoms with van der Waals surface area (Å²) in [5, 5.41) is 3.09. The molecule has 1 aliphatic rings. The molecule has 0 bridgehead atoms. The van der Waals surface area contributed by atoms with Crippen LogP contribution in [0.15, 0.2) is 46.4 Å². The van der Waals surface area contributed by atoms with Crippen LogP contribution in [-0.2, 0) is 17.8 Å². The normalized spacial score (nSPS) is 14.7. The third-order valence-corrected chi connectivity index (χ3v) is 6.05. The summed E-state index contributed by atoms with van der Waals surface area (Å²) < 4.78 is 16.0. The van der Waals surface area contributed by atoms with E-state index in [2.05, 4.69) is 9.88 Å². The molecular weight excluding hydrogens is 402 g/mol. The Morgan fingerprint density at radius 1 is 1.13 bits per heavy atom. The highest BCUT2D eigenvalue weighted by Crippen LogP contribution is 2.28. The molecule has 3 heterocycles. The fraction of sp³-hybridized carbons (Fsp3) is 0.364. The van der Waals surface area contributed by atoms with E-state index in [-0.39, 0.29) is 5.91 Å². The van der Waals surface area contributed by atoms with Crippen molar-refractivity contribution in [2.75, 3.05) is 40.4 Å². The van der Waals surface area contributed by atoms with Crippen LogP contribution in [0.4, 0.5) is 0 Å². The van der Waals surface area contributed by atoms with Crippen molar-refractivity contribution < 1.29 is 18.7 Å². The summed E-state index contributed by atoms with van der Waals surface area (Å²) in [6, 6.07) is 9.40. The largest absolute Gasteiger partial charge is 0.493 e. The van der Waals surface area contributed by atoms with Gasteiger partial charge in [-0.1, -0.05) is 6.07 Å². The van der Waals surface area contributed by atoms with E-state index in [0.29, 0.717) is 17.9 Å². The number of carbonyl (C=O) groups excluding carboxylic acids is 1. The molecule has 30 heavy (non-hydrogen) atoms. The van der Waals surface area contributed by atoms with Gasteiger partial charge >= 0.3 is 0 Å². The number of aromatic nitrogens is 1. The molecule has 3 aromatic rings. The SMILES string of the molecule is COc1ccc(CC(=O)N2CCN(Cc3nc(-c4ccco4)cs3)CC2)cc1OC. The van der Waals surface area contributed by atoms with Crippen molar-refractivity contribution in [3.05, 3.63) is 52.5 Å². The molecule has 4 rings (SSSR count). The predicted octanol–water partition coefficient (Wildman–Crippen LogP) is 3.31. The van der Waals surface area contributed by atoms with E-state index in [1.54, 1.807) is 31.8 Å². The number of hydrogen-bond donors (Lipinski definition) is 0. The highest BCUT2D eigenvalue weighted by Gasteiger charge is 2.22. The van der Waals surface area contributed by atoms with Gasteiger partial charge in [-0.2, -0.15) is 0 Å². The first-order valence-corrected chi connectivity index (χ1v) is 10.7. The van der Waals surface area contributed by atoms with Crippen LogP contribution in [0, 0.1) is 0 Å². The lowest BCUT2D eigenvalue weighted by atomic mass is 10.1. The Morgan fingerprint density at radius 3 is 2.63 bits per heavy atom. The van der Waals surface area contributed by atoms with Crippen molar-refractivity contribution in [2.24, 2.45) is 0 Å². The predicted molar refractivity (Wildman–Crippen MR) is 115 cm³/mol. The summed E-state index contributed by atoms with van der Waals surface area (Å²) in [7, 11) is 3.20. The van der Waals surface area contributed by atoms with Crippen LogP contribution in [0.3, 0.4) is 0 Å². The Bertz CT molecular complexity index is 978. The van der Waals surface area contributed by atoms with Crippen LogP contribution in [0.25, 0.3) is 11.5 Å². The average Bonchev–Trinajstić information content (AvgIpc) is 3.46. The molecule has 1 fully saturated rings. The van der Waals surface area contributed by atoms with Crippen LogP contribution in [-0.4, -0.2) is 61.1 Å². The van der Waals surface area contributed by atoms with Gasteiger partial charge in [0.2, 0.25) is 5.91 Å². The molecule has 2 aromatic heterocycles. The first-order chi connectivity index (χ1) is 14.7.